The van der Waals surface area contributed by atoms with E-state index in [1.807, 2.05) is 6.92 Å². The Morgan fingerprint density at radius 1 is 1.70 bits per heavy atom. The van der Waals surface area contributed by atoms with E-state index in [1.165, 1.54) is 0 Å². The minimum absolute atomic E-state index is 0.0643. The highest BCUT2D eigenvalue weighted by Crippen LogP contribution is 2.25. The van der Waals surface area contributed by atoms with Crippen LogP contribution < -0.4 is 0 Å². The number of hydrogen-bond donors (Lipinski definition) is 1. The first-order valence-corrected chi connectivity index (χ1v) is 4.84. The highest BCUT2D eigenvalue weighted by Gasteiger charge is 2.36. The lowest BCUT2D eigenvalue weighted by atomic mass is 9.86. The van der Waals surface area contributed by atoms with Crippen molar-refractivity contribution in [1.29, 1.82) is 0 Å². The van der Waals surface area contributed by atoms with Gasteiger partial charge in [-0.2, -0.15) is 0 Å². The highest BCUT2D eigenvalue weighted by molar-refractivity contribution is 14.1. The first-order chi connectivity index (χ1) is 4.66. The first-order valence-electron chi connectivity index (χ1n) is 3.32. The van der Waals surface area contributed by atoms with Crippen LogP contribution in [-0.4, -0.2) is 35.6 Å². The quantitative estimate of drug-likeness (QED) is 0.413. The summed E-state index contributed by atoms with van der Waals surface area (Å²) in [6, 6.07) is -0.283. The molecule has 1 heterocycles. The smallest absolute Gasteiger partial charge is 0.109 e. The normalized spacial score (nSPS) is 47.9. The van der Waals surface area contributed by atoms with Gasteiger partial charge in [0, 0.05) is 16.3 Å². The molecule has 1 aliphatic rings. The molecule has 4 unspecified atom stereocenters. The predicted octanol–water partition coefficient (Wildman–Crippen LogP) is 0.312. The van der Waals surface area contributed by atoms with E-state index in [0.29, 0.717) is 0 Å². The molecular weight excluding hydrogens is 242 g/mol. The summed E-state index contributed by atoms with van der Waals surface area (Å²) in [5, 5.41) is 9.42. The molecule has 10 heavy (non-hydrogen) atoms. The Bertz CT molecular complexity index is 122. The molecule has 2 radical (unpaired) electrons. The molecular formula is C6H10BIO2. The van der Waals surface area contributed by atoms with Gasteiger partial charge in [0.15, 0.2) is 0 Å². The second-order valence-electron chi connectivity index (χ2n) is 2.64. The van der Waals surface area contributed by atoms with E-state index in [1.54, 1.807) is 0 Å². The van der Waals surface area contributed by atoms with Crippen LogP contribution in [0.25, 0.3) is 0 Å². The van der Waals surface area contributed by atoms with E-state index in [2.05, 4.69) is 22.6 Å². The Morgan fingerprint density at radius 2 is 2.30 bits per heavy atom. The van der Waals surface area contributed by atoms with Crippen LogP contribution in [-0.2, 0) is 4.74 Å². The summed E-state index contributed by atoms with van der Waals surface area (Å²) in [6.07, 6.45) is -0.447. The van der Waals surface area contributed by atoms with Gasteiger partial charge in [-0.05, 0) is 0 Å². The Labute approximate surface area is 75.9 Å². The van der Waals surface area contributed by atoms with Crippen LogP contribution in [0.2, 0.25) is 0 Å². The predicted molar refractivity (Wildman–Crippen MR) is 48.5 cm³/mol. The van der Waals surface area contributed by atoms with Gasteiger partial charge in [-0.1, -0.05) is 29.5 Å². The molecule has 0 amide bonds. The Balaban J connectivity index is 2.53. The van der Waals surface area contributed by atoms with Gasteiger partial charge < -0.3 is 9.84 Å². The number of ether oxygens (including phenoxy) is 1. The molecule has 0 aliphatic carbocycles. The van der Waals surface area contributed by atoms with Crippen LogP contribution in [0.4, 0.5) is 0 Å². The van der Waals surface area contributed by atoms with Crippen LogP contribution in [0.15, 0.2) is 0 Å². The van der Waals surface area contributed by atoms with Gasteiger partial charge in [-0.3, -0.25) is 0 Å². The van der Waals surface area contributed by atoms with Crippen molar-refractivity contribution >= 4 is 30.4 Å². The third-order valence-electron chi connectivity index (χ3n) is 1.92. The standard InChI is InChI=1S/C6H10BIO2/c1-3-5(9)4(2-8)10-6(3)7/h3-6,9H,2H2,1H3. The first kappa shape index (κ1) is 8.81. The molecule has 1 fully saturated rings. The molecule has 56 valence electrons. The number of alkyl halides is 1. The van der Waals surface area contributed by atoms with Gasteiger partial charge >= 0.3 is 0 Å². The van der Waals surface area contributed by atoms with Crippen molar-refractivity contribution in [1.82, 2.24) is 0 Å². The minimum atomic E-state index is -0.383. The zero-order chi connectivity index (χ0) is 7.72. The van der Waals surface area contributed by atoms with Gasteiger partial charge in [-0.15, -0.1) is 0 Å². The Morgan fingerprint density at radius 3 is 2.50 bits per heavy atom. The highest BCUT2D eigenvalue weighted by atomic mass is 127. The summed E-state index contributed by atoms with van der Waals surface area (Å²) in [5.74, 6) is 0.0692. The molecule has 1 rings (SSSR count). The van der Waals surface area contributed by atoms with Gasteiger partial charge in [0.1, 0.15) is 7.85 Å². The fraction of sp³-hybridized carbons (Fsp3) is 1.00. The molecule has 1 aliphatic heterocycles. The van der Waals surface area contributed by atoms with Crippen LogP contribution >= 0.6 is 22.6 Å². The summed E-state index contributed by atoms with van der Waals surface area (Å²) in [7, 11) is 5.55. The Kier molecular flexibility index (Phi) is 3.00. The van der Waals surface area contributed by atoms with Crippen molar-refractivity contribution < 1.29 is 9.84 Å². The third kappa shape index (κ3) is 1.48. The molecule has 1 saturated heterocycles. The molecule has 4 heteroatoms. The second kappa shape index (κ2) is 3.41. The second-order valence-corrected chi connectivity index (χ2v) is 3.52. The molecule has 0 aromatic carbocycles. The van der Waals surface area contributed by atoms with Crippen molar-refractivity contribution in [2.24, 2.45) is 5.92 Å². The average Bonchev–Trinajstić information content (AvgIpc) is 2.17. The zero-order valence-electron chi connectivity index (χ0n) is 5.83. The topological polar surface area (TPSA) is 29.5 Å². The van der Waals surface area contributed by atoms with Crippen molar-refractivity contribution in [3.63, 3.8) is 0 Å². The largest absolute Gasteiger partial charge is 0.390 e. The van der Waals surface area contributed by atoms with Crippen molar-refractivity contribution in [2.45, 2.75) is 25.1 Å². The van der Waals surface area contributed by atoms with Gasteiger partial charge in [-0.25, -0.2) is 0 Å². The zero-order valence-corrected chi connectivity index (χ0v) is 7.98. The third-order valence-corrected chi connectivity index (χ3v) is 2.79. The monoisotopic (exact) mass is 252 g/mol. The van der Waals surface area contributed by atoms with Crippen LogP contribution in [0.3, 0.4) is 0 Å². The van der Waals surface area contributed by atoms with E-state index in [4.69, 9.17) is 12.6 Å². The average molecular weight is 252 g/mol. The van der Waals surface area contributed by atoms with E-state index >= 15 is 0 Å². The van der Waals surface area contributed by atoms with E-state index in [9.17, 15) is 5.11 Å². The lowest BCUT2D eigenvalue weighted by Crippen LogP contribution is -2.26. The summed E-state index contributed by atoms with van der Waals surface area (Å²) in [4.78, 5) is 0. The molecule has 0 saturated carbocycles. The number of hydrogen-bond acceptors (Lipinski definition) is 2. The molecule has 0 aromatic rings. The van der Waals surface area contributed by atoms with Crippen molar-refractivity contribution in [2.75, 3.05) is 4.43 Å². The molecule has 0 spiro atoms. The number of halogens is 1. The summed E-state index contributed by atoms with van der Waals surface area (Å²) in [5.41, 5.74) is 0. The molecule has 2 nitrogen and oxygen atoms in total. The van der Waals surface area contributed by atoms with Crippen LogP contribution in [0, 0.1) is 5.92 Å². The van der Waals surface area contributed by atoms with E-state index in [-0.39, 0.29) is 24.1 Å². The summed E-state index contributed by atoms with van der Waals surface area (Å²) < 4.78 is 6.06. The summed E-state index contributed by atoms with van der Waals surface area (Å²) in [6.45, 7) is 1.90. The van der Waals surface area contributed by atoms with Crippen LogP contribution in [0.5, 0.6) is 0 Å². The summed E-state index contributed by atoms with van der Waals surface area (Å²) >= 11 is 2.18. The molecule has 0 aromatic heterocycles. The molecule has 1 N–H and O–H groups in total. The maximum atomic E-state index is 9.42. The minimum Gasteiger partial charge on any atom is -0.390 e. The van der Waals surface area contributed by atoms with E-state index < -0.39 is 0 Å². The SMILES string of the molecule is [B]C1OC(CI)C(O)C1C. The lowest BCUT2D eigenvalue weighted by Gasteiger charge is -2.11. The van der Waals surface area contributed by atoms with Crippen molar-refractivity contribution in [3.05, 3.63) is 0 Å². The van der Waals surface area contributed by atoms with Gasteiger partial charge in [0.25, 0.3) is 0 Å². The maximum absolute atomic E-state index is 9.42. The lowest BCUT2D eigenvalue weighted by molar-refractivity contribution is 0.0496. The number of rotatable bonds is 1. The fourth-order valence-corrected chi connectivity index (χ4v) is 1.80. The Hall–Kier alpha value is 0.715. The van der Waals surface area contributed by atoms with Gasteiger partial charge in [0.2, 0.25) is 0 Å². The molecule has 0 bridgehead atoms. The molecule has 4 atom stereocenters. The van der Waals surface area contributed by atoms with Gasteiger partial charge in [0.05, 0.1) is 12.2 Å². The maximum Gasteiger partial charge on any atom is 0.109 e. The van der Waals surface area contributed by atoms with Crippen LogP contribution in [0.1, 0.15) is 6.92 Å². The number of aliphatic hydroxyl groups excluding tert-OH is 1. The van der Waals surface area contributed by atoms with E-state index in [0.717, 1.165) is 4.43 Å². The van der Waals surface area contributed by atoms with Crippen molar-refractivity contribution in [3.8, 4) is 0 Å². The fourth-order valence-electron chi connectivity index (χ4n) is 1.07. The number of aliphatic hydroxyl groups is 1.